The Morgan fingerprint density at radius 2 is 1.94 bits per heavy atom. The number of nitrogens with two attached hydrogens (primary N) is 1. The number of carbonyl (C=O) groups excluding carboxylic acids is 2. The van der Waals surface area contributed by atoms with Crippen LogP contribution in [0.25, 0.3) is 6.20 Å². The molecule has 34 heavy (non-hydrogen) atoms. The van der Waals surface area contributed by atoms with Gasteiger partial charge in [-0.2, -0.15) is 0 Å². The highest BCUT2D eigenvalue weighted by molar-refractivity contribution is 6.04. The van der Waals surface area contributed by atoms with Gasteiger partial charge in [-0.3, -0.25) is 14.5 Å². The molecule has 4 aliphatic heterocycles. The molecule has 4 aliphatic rings. The number of nitrogens with zero attached hydrogens (tertiary/aromatic N) is 4. The normalized spacial score (nSPS) is 26.4. The summed E-state index contributed by atoms with van der Waals surface area (Å²) in [6.45, 7) is 5.77. The van der Waals surface area contributed by atoms with E-state index >= 15 is 0 Å². The van der Waals surface area contributed by atoms with E-state index < -0.39 is 0 Å². The van der Waals surface area contributed by atoms with Gasteiger partial charge in [0.15, 0.2) is 5.82 Å². The third kappa shape index (κ3) is 4.62. The highest BCUT2D eigenvalue weighted by atomic mass is 19.1. The summed E-state index contributed by atoms with van der Waals surface area (Å²) in [5, 5.41) is 13.5. The molecule has 5 rings (SSSR count). The van der Waals surface area contributed by atoms with Crippen LogP contribution in [-0.4, -0.2) is 103 Å². The first kappa shape index (κ1) is 23.1. The van der Waals surface area contributed by atoms with E-state index in [1.54, 1.807) is 0 Å². The lowest BCUT2D eigenvalue weighted by Gasteiger charge is -2.44. The molecule has 12 heteroatoms. The van der Waals surface area contributed by atoms with Crippen molar-refractivity contribution in [1.29, 1.82) is 0 Å². The van der Waals surface area contributed by atoms with Gasteiger partial charge < -0.3 is 31.3 Å². The smallest absolute Gasteiger partial charge is 0.259 e. The van der Waals surface area contributed by atoms with Crippen LogP contribution in [0.15, 0.2) is 5.83 Å². The highest BCUT2D eigenvalue weighted by Crippen LogP contribution is 2.28. The van der Waals surface area contributed by atoms with Crippen molar-refractivity contribution in [2.45, 2.75) is 31.3 Å². The highest BCUT2D eigenvalue weighted by Gasteiger charge is 2.37. The lowest BCUT2D eigenvalue weighted by atomic mass is 9.91. The summed E-state index contributed by atoms with van der Waals surface area (Å²) in [6, 6.07) is 0.0566. The molecule has 0 spiro atoms. The molecule has 1 aromatic heterocycles. The minimum atomic E-state index is -0.381. The zero-order chi connectivity index (χ0) is 23.7. The second-order valence-corrected chi connectivity index (χ2v) is 9.37. The zero-order valence-electron chi connectivity index (χ0n) is 19.3. The zero-order valence-corrected chi connectivity index (χ0v) is 19.3. The molecule has 186 valence electrons. The second kappa shape index (κ2) is 9.88. The van der Waals surface area contributed by atoms with Crippen molar-refractivity contribution < 1.29 is 18.7 Å². The van der Waals surface area contributed by atoms with Crippen LogP contribution in [0.1, 0.15) is 29.6 Å². The molecule has 2 unspecified atom stereocenters. The van der Waals surface area contributed by atoms with E-state index in [9.17, 15) is 14.0 Å². The molecule has 1 aromatic rings. The summed E-state index contributed by atoms with van der Waals surface area (Å²) in [6.07, 6.45) is 3.78. The van der Waals surface area contributed by atoms with E-state index in [0.717, 1.165) is 38.9 Å². The van der Waals surface area contributed by atoms with Gasteiger partial charge >= 0.3 is 0 Å². The molecule has 2 amide bonds. The Balaban J connectivity index is 1.22. The Morgan fingerprint density at radius 1 is 1.18 bits per heavy atom. The van der Waals surface area contributed by atoms with Crippen LogP contribution < -0.4 is 21.7 Å². The van der Waals surface area contributed by atoms with Gasteiger partial charge in [0.05, 0.1) is 32.0 Å². The summed E-state index contributed by atoms with van der Waals surface area (Å²) in [5.41, 5.74) is 6.24. The minimum Gasteiger partial charge on any atom is -0.381 e. The van der Waals surface area contributed by atoms with Crippen molar-refractivity contribution in [1.82, 2.24) is 30.2 Å². The van der Waals surface area contributed by atoms with Crippen molar-refractivity contribution in [3.8, 4) is 0 Å². The number of rotatable bonds is 4. The predicted octanol–water partition coefficient (Wildman–Crippen LogP) is -0.310. The van der Waals surface area contributed by atoms with Crippen LogP contribution in [0.3, 0.4) is 0 Å². The first-order valence-electron chi connectivity index (χ1n) is 12.1. The van der Waals surface area contributed by atoms with Crippen LogP contribution in [0, 0.1) is 5.92 Å². The van der Waals surface area contributed by atoms with Gasteiger partial charge in [0.1, 0.15) is 17.2 Å². The Bertz CT molecular complexity index is 952. The molecule has 0 radical (unpaired) electrons. The molecule has 11 nitrogen and oxygen atoms in total. The number of aromatic nitrogens is 2. The molecule has 0 bridgehead atoms. The largest absolute Gasteiger partial charge is 0.381 e. The average Bonchev–Trinajstić information content (AvgIpc) is 3.19. The van der Waals surface area contributed by atoms with E-state index in [-0.39, 0.29) is 53.6 Å². The molecular weight excluding hydrogens is 443 g/mol. The van der Waals surface area contributed by atoms with Gasteiger partial charge in [-0.1, -0.05) is 0 Å². The van der Waals surface area contributed by atoms with Gasteiger partial charge in [0.2, 0.25) is 5.91 Å². The van der Waals surface area contributed by atoms with Crippen LogP contribution in [0.2, 0.25) is 0 Å². The number of fused-ring (bicyclic) bond motifs is 1. The summed E-state index contributed by atoms with van der Waals surface area (Å²) in [7, 11) is 0. The van der Waals surface area contributed by atoms with E-state index in [4.69, 9.17) is 10.5 Å². The molecule has 0 saturated carbocycles. The van der Waals surface area contributed by atoms with Gasteiger partial charge in [0.25, 0.3) is 5.91 Å². The Kier molecular flexibility index (Phi) is 6.70. The summed E-state index contributed by atoms with van der Waals surface area (Å²) >= 11 is 0. The number of hydrogen-bond donors (Lipinski definition) is 4. The first-order valence-corrected chi connectivity index (χ1v) is 12.1. The number of piperidine rings is 2. The molecule has 3 saturated heterocycles. The van der Waals surface area contributed by atoms with Gasteiger partial charge in [0, 0.05) is 31.6 Å². The van der Waals surface area contributed by atoms with Crippen LogP contribution >= 0.6 is 0 Å². The van der Waals surface area contributed by atoms with Crippen LogP contribution in [-0.2, 0) is 9.53 Å². The number of morpholine rings is 1. The number of anilines is 2. The first-order chi connectivity index (χ1) is 16.5. The standard InChI is InChI=1S/C22H33FN8O3/c23-15-11-26-20-18(19(24)28-31(20)13-15)21(32)27-16-12-25-4-1-17(16)29-5-2-14(3-6-29)22(33)30-7-9-34-10-8-30/h13-14,16-17,25-26H,1-12H2,(H2,24,28)(H,27,32). The molecule has 0 aliphatic carbocycles. The number of likely N-dealkylation sites (tertiary alicyclic amines) is 1. The van der Waals surface area contributed by atoms with Crippen molar-refractivity contribution in [3.05, 3.63) is 11.4 Å². The quantitative estimate of drug-likeness (QED) is 0.466. The van der Waals surface area contributed by atoms with Gasteiger partial charge in [-0.05, 0) is 38.9 Å². The molecule has 2 atom stereocenters. The molecule has 5 heterocycles. The number of halogens is 1. The van der Waals surface area contributed by atoms with Crippen molar-refractivity contribution >= 4 is 29.7 Å². The SMILES string of the molecule is Nc1nn2c(c1C(=O)NC1CNCCC1N1CCC(C(=O)N3CCOCC3)CC1)NCC(F)=C2. The Morgan fingerprint density at radius 3 is 2.71 bits per heavy atom. The summed E-state index contributed by atoms with van der Waals surface area (Å²) in [4.78, 5) is 30.4. The molecule has 0 aromatic carbocycles. The third-order valence-electron chi connectivity index (χ3n) is 7.28. The Hall–Kier alpha value is -2.70. The van der Waals surface area contributed by atoms with E-state index in [1.807, 2.05) is 4.90 Å². The van der Waals surface area contributed by atoms with Gasteiger partial charge in [-0.25, -0.2) is 9.07 Å². The third-order valence-corrected chi connectivity index (χ3v) is 7.28. The topological polar surface area (TPSA) is 130 Å². The fraction of sp³-hybridized carbons (Fsp3) is 0.682. The maximum atomic E-state index is 13.6. The fourth-order valence-electron chi connectivity index (χ4n) is 5.47. The lowest BCUT2D eigenvalue weighted by Crippen LogP contribution is -2.61. The summed E-state index contributed by atoms with van der Waals surface area (Å²) < 4.78 is 20.2. The lowest BCUT2D eigenvalue weighted by molar-refractivity contribution is -0.141. The van der Waals surface area contributed by atoms with Crippen molar-refractivity contribution in [3.63, 3.8) is 0 Å². The van der Waals surface area contributed by atoms with Crippen LogP contribution in [0.5, 0.6) is 0 Å². The fourth-order valence-corrected chi connectivity index (χ4v) is 5.47. The number of ether oxygens (including phenoxy) is 1. The Labute approximate surface area is 197 Å². The number of amides is 2. The van der Waals surface area contributed by atoms with Gasteiger partial charge in [-0.15, -0.1) is 5.10 Å². The number of hydrogen-bond acceptors (Lipinski definition) is 8. The maximum absolute atomic E-state index is 13.6. The molecule has 5 N–H and O–H groups in total. The second-order valence-electron chi connectivity index (χ2n) is 9.37. The van der Waals surface area contributed by atoms with E-state index in [2.05, 4.69) is 25.9 Å². The molecule has 3 fully saturated rings. The van der Waals surface area contributed by atoms with Crippen molar-refractivity contribution in [2.75, 3.05) is 70.1 Å². The minimum absolute atomic E-state index is 0.00284. The summed E-state index contributed by atoms with van der Waals surface area (Å²) in [5.74, 6) is 0.0693. The molecular formula is C22H33FN8O3. The number of carbonyl (C=O) groups is 2. The number of nitrogen functional groups attached to an aromatic ring is 1. The number of nitrogens with one attached hydrogen (secondary N) is 3. The van der Waals surface area contributed by atoms with E-state index in [0.29, 0.717) is 38.7 Å². The van der Waals surface area contributed by atoms with E-state index in [1.165, 1.54) is 10.9 Å². The van der Waals surface area contributed by atoms with Crippen molar-refractivity contribution in [2.24, 2.45) is 5.92 Å². The predicted molar refractivity (Wildman–Crippen MR) is 125 cm³/mol. The van der Waals surface area contributed by atoms with Crippen LogP contribution in [0.4, 0.5) is 16.0 Å². The average molecular weight is 477 g/mol. The monoisotopic (exact) mass is 476 g/mol. The maximum Gasteiger partial charge on any atom is 0.259 e.